The molecule has 2 N–H and O–H groups in total. The number of aliphatic hydroxyl groups excluding tert-OH is 1. The van der Waals surface area contributed by atoms with Crippen molar-refractivity contribution in [3.8, 4) is 5.75 Å². The summed E-state index contributed by atoms with van der Waals surface area (Å²) in [5.41, 5.74) is 1.24. The molecule has 1 aromatic heterocycles. The van der Waals surface area contributed by atoms with Crippen molar-refractivity contribution in [3.63, 3.8) is 0 Å². The highest BCUT2D eigenvalue weighted by atomic mass is 16.5. The Bertz CT molecular complexity index is 437. The fourth-order valence-electron chi connectivity index (χ4n) is 2.54. The van der Waals surface area contributed by atoms with Crippen molar-refractivity contribution in [2.45, 2.75) is 24.8 Å². The minimum absolute atomic E-state index is 0.0947. The number of ether oxygens (including phenoxy) is 2. The normalized spacial score (nSPS) is 27.9. The Morgan fingerprint density at radius 3 is 3.00 bits per heavy atom. The topological polar surface area (TPSA) is 63.6 Å². The van der Waals surface area contributed by atoms with E-state index in [1.807, 2.05) is 6.20 Å². The molecule has 5 nitrogen and oxygen atoms in total. The van der Waals surface area contributed by atoms with Crippen LogP contribution in [0.2, 0.25) is 0 Å². The fraction of sp³-hybridized carbons (Fsp3) is 0.667. The smallest absolute Gasteiger partial charge is 0.137 e. The van der Waals surface area contributed by atoms with E-state index < -0.39 is 0 Å². The van der Waals surface area contributed by atoms with Gasteiger partial charge in [0.15, 0.2) is 0 Å². The second-order valence-electron chi connectivity index (χ2n) is 5.61. The predicted molar refractivity (Wildman–Crippen MR) is 74.9 cm³/mol. The second kappa shape index (κ2) is 6.52. The van der Waals surface area contributed by atoms with Gasteiger partial charge in [0.25, 0.3) is 0 Å². The molecule has 0 unspecified atom stereocenters. The molecule has 1 aromatic rings. The maximum atomic E-state index is 8.69. The number of nitrogens with zero attached hydrogens (tertiary/aromatic N) is 1. The summed E-state index contributed by atoms with van der Waals surface area (Å²) < 4.78 is 11.2. The van der Waals surface area contributed by atoms with Crippen LogP contribution in [-0.2, 0) is 4.74 Å². The van der Waals surface area contributed by atoms with Crippen molar-refractivity contribution >= 4 is 0 Å². The van der Waals surface area contributed by atoms with Gasteiger partial charge in [-0.05, 0) is 42.9 Å². The molecular weight excluding hydrogens is 256 g/mol. The molecule has 2 aliphatic rings. The SMILES string of the molecule is OCCOC[C@H]1C[C@@H]1c1cncc(OC[C@@H]2CCN2)c1. The van der Waals surface area contributed by atoms with Crippen LogP contribution in [-0.4, -0.2) is 49.1 Å². The molecule has 0 radical (unpaired) electrons. The molecule has 1 saturated heterocycles. The van der Waals surface area contributed by atoms with Gasteiger partial charge in [0.05, 0.1) is 26.0 Å². The van der Waals surface area contributed by atoms with E-state index in [9.17, 15) is 0 Å². The molecule has 0 bridgehead atoms. The van der Waals surface area contributed by atoms with Gasteiger partial charge in [0.2, 0.25) is 0 Å². The first kappa shape index (κ1) is 13.8. The average Bonchev–Trinajstić information content (AvgIpc) is 3.17. The van der Waals surface area contributed by atoms with Crippen LogP contribution < -0.4 is 10.1 Å². The van der Waals surface area contributed by atoms with E-state index >= 15 is 0 Å². The van der Waals surface area contributed by atoms with Gasteiger partial charge in [-0.2, -0.15) is 0 Å². The Morgan fingerprint density at radius 2 is 2.25 bits per heavy atom. The number of hydrogen-bond acceptors (Lipinski definition) is 5. The minimum atomic E-state index is 0.0947. The van der Waals surface area contributed by atoms with Gasteiger partial charge in [-0.1, -0.05) is 0 Å². The number of pyridine rings is 1. The van der Waals surface area contributed by atoms with E-state index in [0.717, 1.165) is 31.9 Å². The largest absolute Gasteiger partial charge is 0.490 e. The highest BCUT2D eigenvalue weighted by molar-refractivity contribution is 5.30. The third kappa shape index (κ3) is 3.48. The van der Waals surface area contributed by atoms with Gasteiger partial charge in [0.1, 0.15) is 12.4 Å². The monoisotopic (exact) mass is 278 g/mol. The quantitative estimate of drug-likeness (QED) is 0.693. The van der Waals surface area contributed by atoms with E-state index in [-0.39, 0.29) is 6.61 Å². The number of aliphatic hydroxyl groups is 1. The molecule has 0 aromatic carbocycles. The van der Waals surface area contributed by atoms with Crippen LogP contribution in [0.4, 0.5) is 0 Å². The molecule has 2 heterocycles. The number of aromatic nitrogens is 1. The molecule has 5 heteroatoms. The van der Waals surface area contributed by atoms with E-state index in [2.05, 4.69) is 16.4 Å². The zero-order chi connectivity index (χ0) is 13.8. The zero-order valence-electron chi connectivity index (χ0n) is 11.6. The summed E-state index contributed by atoms with van der Waals surface area (Å²) in [6, 6.07) is 2.60. The molecule has 3 atom stereocenters. The molecule has 20 heavy (non-hydrogen) atoms. The summed E-state index contributed by atoms with van der Waals surface area (Å²) in [4.78, 5) is 4.27. The number of rotatable bonds is 8. The Morgan fingerprint density at radius 1 is 1.35 bits per heavy atom. The second-order valence-corrected chi connectivity index (χ2v) is 5.61. The lowest BCUT2D eigenvalue weighted by Gasteiger charge is -2.27. The zero-order valence-corrected chi connectivity index (χ0v) is 11.6. The maximum absolute atomic E-state index is 8.69. The predicted octanol–water partition coefficient (Wildman–Crippen LogP) is 0.935. The van der Waals surface area contributed by atoms with Crippen molar-refractivity contribution in [2.75, 3.05) is 33.0 Å². The minimum Gasteiger partial charge on any atom is -0.490 e. The molecule has 0 spiro atoms. The van der Waals surface area contributed by atoms with E-state index in [1.165, 1.54) is 12.0 Å². The Balaban J connectivity index is 1.47. The van der Waals surface area contributed by atoms with Crippen molar-refractivity contribution in [1.29, 1.82) is 0 Å². The average molecular weight is 278 g/mol. The van der Waals surface area contributed by atoms with Gasteiger partial charge in [-0.3, -0.25) is 4.98 Å². The van der Waals surface area contributed by atoms with Crippen LogP contribution in [0.25, 0.3) is 0 Å². The fourth-order valence-corrected chi connectivity index (χ4v) is 2.54. The maximum Gasteiger partial charge on any atom is 0.137 e. The Labute approximate surface area is 119 Å². The lowest BCUT2D eigenvalue weighted by molar-refractivity contribution is 0.0845. The van der Waals surface area contributed by atoms with Crippen LogP contribution in [0.1, 0.15) is 24.3 Å². The van der Waals surface area contributed by atoms with Crippen molar-refractivity contribution < 1.29 is 14.6 Å². The Kier molecular flexibility index (Phi) is 4.50. The number of nitrogens with one attached hydrogen (secondary N) is 1. The van der Waals surface area contributed by atoms with Crippen molar-refractivity contribution in [3.05, 3.63) is 24.0 Å². The summed E-state index contributed by atoms with van der Waals surface area (Å²) in [7, 11) is 0. The third-order valence-electron chi connectivity index (χ3n) is 4.03. The summed E-state index contributed by atoms with van der Waals surface area (Å²) in [6.07, 6.45) is 6.04. The number of hydrogen-bond donors (Lipinski definition) is 2. The Hall–Kier alpha value is -1.17. The van der Waals surface area contributed by atoms with Gasteiger partial charge < -0.3 is 19.9 Å². The van der Waals surface area contributed by atoms with Gasteiger partial charge in [0, 0.05) is 12.2 Å². The molecule has 2 fully saturated rings. The van der Waals surface area contributed by atoms with Crippen LogP contribution in [0.3, 0.4) is 0 Å². The third-order valence-corrected chi connectivity index (χ3v) is 4.03. The molecule has 3 rings (SSSR count). The summed E-state index contributed by atoms with van der Waals surface area (Å²) in [5.74, 6) is 1.96. The first-order chi connectivity index (χ1) is 9.86. The van der Waals surface area contributed by atoms with E-state index in [1.54, 1.807) is 6.20 Å². The van der Waals surface area contributed by atoms with E-state index in [0.29, 0.717) is 24.5 Å². The molecule has 1 aliphatic carbocycles. The van der Waals surface area contributed by atoms with Crippen LogP contribution >= 0.6 is 0 Å². The summed E-state index contributed by atoms with van der Waals surface area (Å²) in [6.45, 7) is 3.07. The van der Waals surface area contributed by atoms with Crippen LogP contribution in [0.5, 0.6) is 5.75 Å². The van der Waals surface area contributed by atoms with Gasteiger partial charge >= 0.3 is 0 Å². The standard InChI is InChI=1S/C15H22N2O3/c18-3-4-19-9-12-6-15(12)11-5-14(8-16-7-11)20-10-13-1-2-17-13/h5,7-8,12-13,15,17-18H,1-4,6,9-10H2/t12-,13+,15-/m1/s1. The summed E-state index contributed by atoms with van der Waals surface area (Å²) in [5, 5.41) is 12.0. The van der Waals surface area contributed by atoms with Gasteiger partial charge in [-0.25, -0.2) is 0 Å². The first-order valence-corrected chi connectivity index (χ1v) is 7.36. The highest BCUT2D eigenvalue weighted by Gasteiger charge is 2.38. The van der Waals surface area contributed by atoms with Gasteiger partial charge in [-0.15, -0.1) is 0 Å². The first-order valence-electron chi connectivity index (χ1n) is 7.36. The highest BCUT2D eigenvalue weighted by Crippen LogP contribution is 2.47. The van der Waals surface area contributed by atoms with E-state index in [4.69, 9.17) is 14.6 Å². The van der Waals surface area contributed by atoms with Crippen molar-refractivity contribution in [1.82, 2.24) is 10.3 Å². The van der Waals surface area contributed by atoms with Crippen LogP contribution in [0.15, 0.2) is 18.5 Å². The lowest BCUT2D eigenvalue weighted by Crippen LogP contribution is -2.46. The molecular formula is C15H22N2O3. The lowest BCUT2D eigenvalue weighted by atomic mass is 10.1. The molecule has 1 aliphatic heterocycles. The van der Waals surface area contributed by atoms with Crippen LogP contribution in [0, 0.1) is 5.92 Å². The molecule has 1 saturated carbocycles. The molecule has 0 amide bonds. The summed E-state index contributed by atoms with van der Waals surface area (Å²) >= 11 is 0. The molecule has 110 valence electrons. The van der Waals surface area contributed by atoms with Crippen molar-refractivity contribution in [2.24, 2.45) is 5.92 Å².